The summed E-state index contributed by atoms with van der Waals surface area (Å²) >= 11 is 0. The third-order valence-corrected chi connectivity index (χ3v) is 6.59. The number of hydrogen-bond donors (Lipinski definition) is 2. The monoisotopic (exact) mass is 382 g/mol. The number of amides is 1. The molecule has 1 amide bonds. The fourth-order valence-corrected chi connectivity index (χ4v) is 4.52. The molecular weight excluding hydrogens is 356 g/mol. The van der Waals surface area contributed by atoms with Crippen molar-refractivity contribution >= 4 is 21.9 Å². The fraction of sp³-hybridized carbons (Fsp3) is 0.556. The molecule has 2 N–H and O–H groups in total. The van der Waals surface area contributed by atoms with Gasteiger partial charge >= 0.3 is 5.97 Å². The molecule has 0 saturated carbocycles. The molecule has 2 rings (SSSR count). The van der Waals surface area contributed by atoms with Crippen LogP contribution in [-0.4, -0.2) is 48.8 Å². The SMILES string of the molecule is CCCC(NC(=O)C1CCN(S(=O)(=O)c2ccc(C)cc2)CC1)C(=O)O. The molecule has 0 spiro atoms. The normalized spacial score (nSPS) is 17.6. The predicted octanol–water partition coefficient (Wildman–Crippen LogP) is 1.77. The third kappa shape index (κ3) is 4.82. The number of carbonyl (C=O) groups is 2. The van der Waals surface area contributed by atoms with E-state index in [1.54, 1.807) is 24.3 Å². The Morgan fingerprint density at radius 3 is 2.31 bits per heavy atom. The Bertz CT molecular complexity index is 737. The van der Waals surface area contributed by atoms with Gasteiger partial charge in [-0.3, -0.25) is 4.79 Å². The van der Waals surface area contributed by atoms with Crippen LogP contribution in [0.4, 0.5) is 0 Å². The van der Waals surface area contributed by atoms with Crippen molar-refractivity contribution in [2.45, 2.75) is 50.5 Å². The molecule has 8 heteroatoms. The van der Waals surface area contributed by atoms with Crippen LogP contribution in [0.1, 0.15) is 38.2 Å². The summed E-state index contributed by atoms with van der Waals surface area (Å²) < 4.78 is 26.7. The van der Waals surface area contributed by atoms with Gasteiger partial charge in [-0.1, -0.05) is 31.0 Å². The highest BCUT2D eigenvalue weighted by molar-refractivity contribution is 7.89. The Hall–Kier alpha value is -1.93. The van der Waals surface area contributed by atoms with Crippen molar-refractivity contribution in [3.63, 3.8) is 0 Å². The molecule has 1 aromatic carbocycles. The summed E-state index contributed by atoms with van der Waals surface area (Å²) in [6.45, 7) is 4.25. The van der Waals surface area contributed by atoms with Gasteiger partial charge in [0, 0.05) is 19.0 Å². The maximum Gasteiger partial charge on any atom is 0.326 e. The molecule has 0 aliphatic carbocycles. The Labute approximate surface area is 154 Å². The van der Waals surface area contributed by atoms with Crippen molar-refractivity contribution in [3.05, 3.63) is 29.8 Å². The van der Waals surface area contributed by atoms with Crippen LogP contribution in [0.2, 0.25) is 0 Å². The van der Waals surface area contributed by atoms with E-state index in [2.05, 4.69) is 5.32 Å². The minimum Gasteiger partial charge on any atom is -0.480 e. The molecule has 1 unspecified atom stereocenters. The summed E-state index contributed by atoms with van der Waals surface area (Å²) in [6.07, 6.45) is 1.80. The second-order valence-electron chi connectivity index (χ2n) is 6.68. The first kappa shape index (κ1) is 20.4. The van der Waals surface area contributed by atoms with Gasteiger partial charge in [0.1, 0.15) is 6.04 Å². The number of carboxylic acids is 1. The molecule has 7 nitrogen and oxygen atoms in total. The second kappa shape index (κ2) is 8.64. The quantitative estimate of drug-likeness (QED) is 0.748. The maximum absolute atomic E-state index is 12.7. The molecule has 0 radical (unpaired) electrons. The van der Waals surface area contributed by atoms with Gasteiger partial charge in [0.25, 0.3) is 0 Å². The van der Waals surface area contributed by atoms with Crippen LogP contribution < -0.4 is 5.32 Å². The van der Waals surface area contributed by atoms with Crippen LogP contribution in [0.25, 0.3) is 0 Å². The Kier molecular flexibility index (Phi) is 6.77. The van der Waals surface area contributed by atoms with E-state index in [0.29, 0.717) is 25.7 Å². The van der Waals surface area contributed by atoms with Gasteiger partial charge in [0.15, 0.2) is 0 Å². The molecule has 1 saturated heterocycles. The smallest absolute Gasteiger partial charge is 0.326 e. The van der Waals surface area contributed by atoms with Crippen molar-refractivity contribution in [1.29, 1.82) is 0 Å². The zero-order valence-corrected chi connectivity index (χ0v) is 16.0. The summed E-state index contributed by atoms with van der Waals surface area (Å²) in [5.74, 6) is -1.71. The molecule has 1 atom stereocenters. The minimum atomic E-state index is -3.57. The average molecular weight is 382 g/mol. The number of aryl methyl sites for hydroxylation is 1. The number of sulfonamides is 1. The van der Waals surface area contributed by atoms with Gasteiger partial charge in [-0.25, -0.2) is 13.2 Å². The van der Waals surface area contributed by atoms with Crippen LogP contribution in [0.5, 0.6) is 0 Å². The van der Waals surface area contributed by atoms with E-state index in [9.17, 15) is 18.0 Å². The van der Waals surface area contributed by atoms with Gasteiger partial charge < -0.3 is 10.4 Å². The van der Waals surface area contributed by atoms with Crippen LogP contribution in [0.15, 0.2) is 29.2 Å². The van der Waals surface area contributed by atoms with E-state index in [4.69, 9.17) is 5.11 Å². The van der Waals surface area contributed by atoms with Gasteiger partial charge in [0.2, 0.25) is 15.9 Å². The van der Waals surface area contributed by atoms with E-state index in [-0.39, 0.29) is 29.8 Å². The van der Waals surface area contributed by atoms with Crippen LogP contribution in [0, 0.1) is 12.8 Å². The molecule has 0 aromatic heterocycles. The highest BCUT2D eigenvalue weighted by Gasteiger charge is 2.33. The molecule has 1 aliphatic heterocycles. The van der Waals surface area contributed by atoms with E-state index in [1.165, 1.54) is 4.31 Å². The van der Waals surface area contributed by atoms with Gasteiger partial charge in [-0.2, -0.15) is 4.31 Å². The molecule has 1 heterocycles. The van der Waals surface area contributed by atoms with Gasteiger partial charge in [0.05, 0.1) is 4.90 Å². The molecule has 0 bridgehead atoms. The Balaban J connectivity index is 1.96. The molecule has 144 valence electrons. The molecule has 26 heavy (non-hydrogen) atoms. The number of carbonyl (C=O) groups excluding carboxylic acids is 1. The lowest BCUT2D eigenvalue weighted by atomic mass is 9.96. The first-order chi connectivity index (χ1) is 12.3. The van der Waals surface area contributed by atoms with Crippen molar-refractivity contribution in [3.8, 4) is 0 Å². The third-order valence-electron chi connectivity index (χ3n) is 4.68. The zero-order chi connectivity index (χ0) is 19.3. The van der Waals surface area contributed by atoms with Crippen molar-refractivity contribution in [2.75, 3.05) is 13.1 Å². The van der Waals surface area contributed by atoms with E-state index in [1.807, 2.05) is 13.8 Å². The van der Waals surface area contributed by atoms with E-state index < -0.39 is 22.0 Å². The average Bonchev–Trinajstić information content (AvgIpc) is 2.61. The number of piperidine rings is 1. The van der Waals surface area contributed by atoms with E-state index in [0.717, 1.165) is 5.56 Å². The van der Waals surface area contributed by atoms with Crippen LogP contribution >= 0.6 is 0 Å². The lowest BCUT2D eigenvalue weighted by Gasteiger charge is -2.31. The number of hydrogen-bond acceptors (Lipinski definition) is 4. The van der Waals surface area contributed by atoms with Crippen LogP contribution in [-0.2, 0) is 19.6 Å². The Morgan fingerprint density at radius 1 is 1.23 bits per heavy atom. The van der Waals surface area contributed by atoms with Crippen LogP contribution in [0.3, 0.4) is 0 Å². The summed E-state index contributed by atoms with van der Waals surface area (Å²) in [5, 5.41) is 11.7. The number of nitrogens with one attached hydrogen (secondary N) is 1. The number of carboxylic acid groups (broad SMARTS) is 1. The lowest BCUT2D eigenvalue weighted by molar-refractivity contribution is -0.142. The number of benzene rings is 1. The Morgan fingerprint density at radius 2 is 1.81 bits per heavy atom. The topological polar surface area (TPSA) is 104 Å². The molecule has 1 fully saturated rings. The fourth-order valence-electron chi connectivity index (χ4n) is 3.05. The largest absolute Gasteiger partial charge is 0.480 e. The highest BCUT2D eigenvalue weighted by atomic mass is 32.2. The predicted molar refractivity (Wildman–Crippen MR) is 97.1 cm³/mol. The minimum absolute atomic E-state index is 0.250. The summed E-state index contributed by atoms with van der Waals surface area (Å²) in [5.41, 5.74) is 0.986. The highest BCUT2D eigenvalue weighted by Crippen LogP contribution is 2.24. The number of nitrogens with zero attached hydrogens (tertiary/aromatic N) is 1. The van der Waals surface area contributed by atoms with Gasteiger partial charge in [-0.15, -0.1) is 0 Å². The van der Waals surface area contributed by atoms with E-state index >= 15 is 0 Å². The molecule has 1 aliphatic rings. The summed E-state index contributed by atoms with van der Waals surface area (Å²) in [7, 11) is -3.57. The first-order valence-corrected chi connectivity index (χ1v) is 10.3. The van der Waals surface area contributed by atoms with Crippen molar-refractivity contribution < 1.29 is 23.1 Å². The van der Waals surface area contributed by atoms with Crippen molar-refractivity contribution in [1.82, 2.24) is 9.62 Å². The van der Waals surface area contributed by atoms with Crippen molar-refractivity contribution in [2.24, 2.45) is 5.92 Å². The molecular formula is C18H26N2O5S. The zero-order valence-electron chi connectivity index (χ0n) is 15.1. The first-order valence-electron chi connectivity index (χ1n) is 8.85. The summed E-state index contributed by atoms with van der Waals surface area (Å²) in [6, 6.07) is 5.80. The van der Waals surface area contributed by atoms with Gasteiger partial charge in [-0.05, 0) is 38.3 Å². The maximum atomic E-state index is 12.7. The standard InChI is InChI=1S/C18H26N2O5S/c1-3-4-16(18(22)23)19-17(21)14-9-11-20(12-10-14)26(24,25)15-7-5-13(2)6-8-15/h5-8,14,16H,3-4,9-12H2,1-2H3,(H,19,21)(H,22,23). The lowest BCUT2D eigenvalue weighted by Crippen LogP contribution is -2.47. The molecule has 1 aromatic rings. The number of rotatable bonds is 7. The number of aliphatic carboxylic acids is 1. The second-order valence-corrected chi connectivity index (χ2v) is 8.62. The summed E-state index contributed by atoms with van der Waals surface area (Å²) in [4.78, 5) is 23.7.